The first kappa shape index (κ1) is 18.7. The third-order valence-corrected chi connectivity index (χ3v) is 5.07. The van der Waals surface area contributed by atoms with Crippen LogP contribution in [0.15, 0.2) is 65.7 Å². The summed E-state index contributed by atoms with van der Waals surface area (Å²) in [4.78, 5) is 19.5. The van der Waals surface area contributed by atoms with E-state index in [1.807, 2.05) is 65.6 Å². The van der Waals surface area contributed by atoms with Gasteiger partial charge in [0, 0.05) is 17.0 Å². The van der Waals surface area contributed by atoms with Gasteiger partial charge in [-0.25, -0.2) is 0 Å². The number of benzene rings is 2. The summed E-state index contributed by atoms with van der Waals surface area (Å²) < 4.78 is 0. The second-order valence-electron chi connectivity index (χ2n) is 6.21. The number of carbonyl (C=O) groups is 1. The number of para-hydroxylation sites is 1. The average Bonchev–Trinajstić information content (AvgIpc) is 2.93. The molecular formula is C19H21BrN2OS. The topological polar surface area (TPSA) is 32.7 Å². The van der Waals surface area contributed by atoms with Gasteiger partial charge in [-0.2, -0.15) is 0 Å². The van der Waals surface area contributed by atoms with Gasteiger partial charge >= 0.3 is 0 Å². The minimum atomic E-state index is -0.0805. The minimum Gasteiger partial charge on any atom is -0.313 e. The SMILES string of the molecule is Br.CC1(C)CSC(N(CC(=O)c2ccccc2)c2ccccc2)=N1. The highest BCUT2D eigenvalue weighted by molar-refractivity contribution is 8.93. The smallest absolute Gasteiger partial charge is 0.182 e. The molecule has 0 fully saturated rings. The van der Waals surface area contributed by atoms with Crippen molar-refractivity contribution in [1.29, 1.82) is 0 Å². The van der Waals surface area contributed by atoms with Crippen LogP contribution in [0.5, 0.6) is 0 Å². The van der Waals surface area contributed by atoms with Crippen LogP contribution in [0.25, 0.3) is 0 Å². The molecule has 3 rings (SSSR count). The Morgan fingerprint density at radius 1 is 1.08 bits per heavy atom. The zero-order valence-corrected chi connectivity index (χ0v) is 16.3. The molecule has 0 saturated carbocycles. The molecule has 0 aromatic heterocycles. The molecule has 0 saturated heterocycles. The first-order valence-corrected chi connectivity index (χ1v) is 8.67. The van der Waals surface area contributed by atoms with Gasteiger partial charge in [-0.15, -0.1) is 17.0 Å². The van der Waals surface area contributed by atoms with Crippen LogP contribution in [0.1, 0.15) is 24.2 Å². The van der Waals surface area contributed by atoms with Crippen molar-refractivity contribution in [2.75, 3.05) is 17.2 Å². The number of carbonyl (C=O) groups excluding carboxylic acids is 1. The van der Waals surface area contributed by atoms with E-state index in [2.05, 4.69) is 13.8 Å². The lowest BCUT2D eigenvalue weighted by atomic mass is 10.1. The van der Waals surface area contributed by atoms with E-state index in [1.165, 1.54) is 0 Å². The van der Waals surface area contributed by atoms with Gasteiger partial charge in [-0.05, 0) is 26.0 Å². The number of nitrogens with zero attached hydrogens (tertiary/aromatic N) is 2. The van der Waals surface area contributed by atoms with Gasteiger partial charge < -0.3 is 4.90 Å². The molecule has 0 N–H and O–H groups in total. The van der Waals surface area contributed by atoms with E-state index in [1.54, 1.807) is 11.8 Å². The van der Waals surface area contributed by atoms with E-state index >= 15 is 0 Å². The van der Waals surface area contributed by atoms with Crippen molar-refractivity contribution in [3.8, 4) is 0 Å². The third kappa shape index (κ3) is 4.48. The molecule has 0 aliphatic carbocycles. The van der Waals surface area contributed by atoms with Crippen molar-refractivity contribution < 1.29 is 4.79 Å². The van der Waals surface area contributed by atoms with E-state index in [-0.39, 0.29) is 28.3 Å². The predicted molar refractivity (Wildman–Crippen MR) is 109 cm³/mol. The van der Waals surface area contributed by atoms with E-state index in [0.29, 0.717) is 6.54 Å². The normalized spacial score (nSPS) is 15.3. The van der Waals surface area contributed by atoms with E-state index in [4.69, 9.17) is 4.99 Å². The molecule has 0 radical (unpaired) electrons. The molecule has 1 aliphatic rings. The summed E-state index contributed by atoms with van der Waals surface area (Å²) in [5, 5.41) is 0.922. The molecule has 5 heteroatoms. The van der Waals surface area contributed by atoms with Crippen LogP contribution in [0.2, 0.25) is 0 Å². The maximum atomic E-state index is 12.6. The molecule has 0 bridgehead atoms. The van der Waals surface area contributed by atoms with Gasteiger partial charge in [0.15, 0.2) is 11.0 Å². The van der Waals surface area contributed by atoms with Crippen molar-refractivity contribution in [2.24, 2.45) is 4.99 Å². The highest BCUT2D eigenvalue weighted by atomic mass is 79.9. The van der Waals surface area contributed by atoms with Crippen LogP contribution in [0.3, 0.4) is 0 Å². The number of hydrogen-bond donors (Lipinski definition) is 0. The monoisotopic (exact) mass is 404 g/mol. The van der Waals surface area contributed by atoms with Crippen molar-refractivity contribution in [3.63, 3.8) is 0 Å². The summed E-state index contributed by atoms with van der Waals surface area (Å²) in [7, 11) is 0. The lowest BCUT2D eigenvalue weighted by molar-refractivity contribution is 0.100. The highest BCUT2D eigenvalue weighted by Gasteiger charge is 2.30. The molecule has 1 heterocycles. The molecule has 126 valence electrons. The van der Waals surface area contributed by atoms with Crippen molar-refractivity contribution in [1.82, 2.24) is 0 Å². The van der Waals surface area contributed by atoms with E-state index in [9.17, 15) is 4.79 Å². The standard InChI is InChI=1S/C19H20N2OS.BrH/c1-19(2)14-23-18(20-19)21(16-11-7-4-8-12-16)13-17(22)15-9-5-3-6-10-15;/h3-12H,13-14H2,1-2H3;1H. The lowest BCUT2D eigenvalue weighted by Crippen LogP contribution is -2.33. The van der Waals surface area contributed by atoms with E-state index < -0.39 is 0 Å². The third-order valence-electron chi connectivity index (χ3n) is 3.65. The molecule has 2 aromatic rings. The summed E-state index contributed by atoms with van der Waals surface area (Å²) in [6, 6.07) is 19.4. The van der Waals surface area contributed by atoms with Crippen molar-refractivity contribution >= 4 is 45.4 Å². The maximum Gasteiger partial charge on any atom is 0.182 e. The minimum absolute atomic E-state index is 0. The highest BCUT2D eigenvalue weighted by Crippen LogP contribution is 2.31. The average molecular weight is 405 g/mol. The quantitative estimate of drug-likeness (QED) is 0.683. The van der Waals surface area contributed by atoms with Crippen LogP contribution in [-0.2, 0) is 0 Å². The van der Waals surface area contributed by atoms with Crippen LogP contribution < -0.4 is 4.90 Å². The maximum absolute atomic E-state index is 12.6. The zero-order valence-electron chi connectivity index (χ0n) is 13.8. The molecule has 2 aromatic carbocycles. The van der Waals surface area contributed by atoms with Crippen LogP contribution >= 0.6 is 28.7 Å². The van der Waals surface area contributed by atoms with Gasteiger partial charge in [0.25, 0.3) is 0 Å². The number of Topliss-reactive ketones (excluding diaryl/α,β-unsaturated/α-hetero) is 1. The Kier molecular flexibility index (Phi) is 6.24. The summed E-state index contributed by atoms with van der Waals surface area (Å²) in [6.07, 6.45) is 0. The largest absolute Gasteiger partial charge is 0.313 e. The van der Waals surface area contributed by atoms with Gasteiger partial charge in [-0.1, -0.05) is 60.3 Å². The Labute approximate surface area is 157 Å². The Morgan fingerprint density at radius 2 is 1.67 bits per heavy atom. The Hall–Kier alpha value is -1.59. The number of rotatable bonds is 4. The summed E-state index contributed by atoms with van der Waals surface area (Å²) in [5.74, 6) is 1.04. The van der Waals surface area contributed by atoms with Crippen LogP contribution in [-0.4, -0.2) is 28.8 Å². The molecule has 3 nitrogen and oxygen atoms in total. The number of thioether (sulfide) groups is 1. The second kappa shape index (κ2) is 7.99. The Morgan fingerprint density at radius 3 is 2.21 bits per heavy atom. The van der Waals surface area contributed by atoms with Crippen LogP contribution in [0.4, 0.5) is 5.69 Å². The molecule has 1 aliphatic heterocycles. The Bertz CT molecular complexity index is 717. The number of anilines is 1. The first-order valence-electron chi connectivity index (χ1n) is 7.69. The summed E-state index contributed by atoms with van der Waals surface area (Å²) >= 11 is 1.71. The van der Waals surface area contributed by atoms with E-state index in [0.717, 1.165) is 22.2 Å². The zero-order chi connectivity index (χ0) is 16.3. The number of halogens is 1. The van der Waals surface area contributed by atoms with Crippen molar-refractivity contribution in [2.45, 2.75) is 19.4 Å². The molecule has 0 amide bonds. The summed E-state index contributed by atoms with van der Waals surface area (Å²) in [5.41, 5.74) is 1.65. The number of amidine groups is 1. The molecule has 0 atom stereocenters. The molecule has 0 unspecified atom stereocenters. The fourth-order valence-electron chi connectivity index (χ4n) is 2.44. The molecule has 0 spiro atoms. The fourth-order valence-corrected chi connectivity index (χ4v) is 3.62. The Balaban J connectivity index is 0.00000208. The van der Waals surface area contributed by atoms with Gasteiger partial charge in [-0.3, -0.25) is 9.79 Å². The van der Waals surface area contributed by atoms with Gasteiger partial charge in [0.05, 0.1) is 12.1 Å². The fraction of sp³-hybridized carbons (Fsp3) is 0.263. The number of ketones is 1. The van der Waals surface area contributed by atoms with Gasteiger partial charge in [0.1, 0.15) is 0 Å². The van der Waals surface area contributed by atoms with Gasteiger partial charge in [0.2, 0.25) is 0 Å². The molecule has 24 heavy (non-hydrogen) atoms. The molecular weight excluding hydrogens is 384 g/mol. The number of aliphatic imine (C=N–C) groups is 1. The lowest BCUT2D eigenvalue weighted by Gasteiger charge is -2.23. The van der Waals surface area contributed by atoms with Crippen molar-refractivity contribution in [3.05, 3.63) is 66.2 Å². The van der Waals surface area contributed by atoms with Crippen LogP contribution in [0, 0.1) is 0 Å². The second-order valence-corrected chi connectivity index (χ2v) is 7.15. The predicted octanol–water partition coefficient (Wildman–Crippen LogP) is 4.84. The summed E-state index contributed by atoms with van der Waals surface area (Å²) in [6.45, 7) is 4.54. The number of hydrogen-bond acceptors (Lipinski definition) is 4. The first-order chi connectivity index (χ1) is 11.1.